The first-order valence-electron chi connectivity index (χ1n) is 8.17. The van der Waals surface area contributed by atoms with Gasteiger partial charge in [-0.25, -0.2) is 4.98 Å². The van der Waals surface area contributed by atoms with Crippen molar-refractivity contribution in [3.05, 3.63) is 76.7 Å². The zero-order chi connectivity index (χ0) is 19.2. The maximum atomic E-state index is 10.3. The Kier molecular flexibility index (Phi) is 7.07. The van der Waals surface area contributed by atoms with Gasteiger partial charge in [-0.3, -0.25) is 3.97 Å². The van der Waals surface area contributed by atoms with E-state index in [-0.39, 0.29) is 5.76 Å². The first kappa shape index (κ1) is 20.1. The van der Waals surface area contributed by atoms with Crippen LogP contribution in [-0.2, 0) is 4.74 Å². The van der Waals surface area contributed by atoms with E-state index in [0.29, 0.717) is 11.1 Å². The molecule has 0 aliphatic rings. The van der Waals surface area contributed by atoms with Gasteiger partial charge in [0.05, 0.1) is 11.1 Å². The molecular formula is C20H19BrN2O2S2. The number of halogens is 1. The molecule has 27 heavy (non-hydrogen) atoms. The van der Waals surface area contributed by atoms with Crippen LogP contribution in [0.4, 0.5) is 0 Å². The molecule has 3 rings (SSSR count). The van der Waals surface area contributed by atoms with Gasteiger partial charge in [-0.1, -0.05) is 18.2 Å². The highest BCUT2D eigenvalue weighted by molar-refractivity contribution is 9.12. The Labute approximate surface area is 175 Å². The van der Waals surface area contributed by atoms with Gasteiger partial charge in [0.2, 0.25) is 0 Å². The minimum absolute atomic E-state index is 0.157. The molecule has 0 aliphatic heterocycles. The second kappa shape index (κ2) is 9.50. The number of allylic oxidation sites excluding steroid dienone is 1. The number of rotatable bonds is 7. The third kappa shape index (κ3) is 4.60. The Bertz CT molecular complexity index is 984. The summed E-state index contributed by atoms with van der Waals surface area (Å²) >= 11 is 6.72. The van der Waals surface area contributed by atoms with Crippen LogP contribution >= 0.6 is 39.6 Å². The lowest BCUT2D eigenvalue weighted by Crippen LogP contribution is -1.93. The fourth-order valence-electron chi connectivity index (χ4n) is 2.57. The van der Waals surface area contributed by atoms with Gasteiger partial charge in [0.15, 0.2) is 5.65 Å². The summed E-state index contributed by atoms with van der Waals surface area (Å²) in [5, 5.41) is 11.4. The molecule has 3 aromatic rings. The molecule has 0 amide bonds. The highest BCUT2D eigenvalue weighted by atomic mass is 79.9. The zero-order valence-electron chi connectivity index (χ0n) is 14.9. The van der Waals surface area contributed by atoms with Crippen LogP contribution in [0.3, 0.4) is 0 Å². The number of thioether (sulfide) groups is 1. The summed E-state index contributed by atoms with van der Waals surface area (Å²) < 4.78 is 7.71. The van der Waals surface area contributed by atoms with Crippen LogP contribution in [0.5, 0.6) is 0 Å². The number of pyridine rings is 1. The standard InChI is InChI=1S/C20H19BrN2O2S2/c1-25-13-10-17(24)18(21)19(26-2)15-8-11-22-20-16(15)9-12-23(20)27-14-6-4-3-5-7-14/h3-12,24H,13H2,1-2H3/b17-10-,19-18+. The van der Waals surface area contributed by atoms with Crippen LogP contribution in [0.15, 0.2) is 76.1 Å². The normalized spacial score (nSPS) is 13.1. The van der Waals surface area contributed by atoms with Gasteiger partial charge >= 0.3 is 0 Å². The number of aromatic nitrogens is 2. The molecule has 140 valence electrons. The summed E-state index contributed by atoms with van der Waals surface area (Å²) in [7, 11) is 1.59. The molecule has 0 spiro atoms. The van der Waals surface area contributed by atoms with E-state index in [4.69, 9.17) is 4.74 Å². The molecule has 1 N–H and O–H groups in total. The van der Waals surface area contributed by atoms with Crippen molar-refractivity contribution in [2.75, 3.05) is 20.0 Å². The van der Waals surface area contributed by atoms with Crippen molar-refractivity contribution in [1.82, 2.24) is 8.96 Å². The van der Waals surface area contributed by atoms with E-state index in [9.17, 15) is 5.11 Å². The number of ether oxygens (including phenoxy) is 1. The molecular weight excluding hydrogens is 444 g/mol. The average molecular weight is 463 g/mol. The van der Waals surface area contributed by atoms with Crippen molar-refractivity contribution in [2.24, 2.45) is 0 Å². The van der Waals surface area contributed by atoms with Crippen LogP contribution < -0.4 is 0 Å². The van der Waals surface area contributed by atoms with E-state index in [1.54, 1.807) is 43.1 Å². The summed E-state index contributed by atoms with van der Waals surface area (Å²) in [6, 6.07) is 14.2. The SMILES string of the molecule is COC/C=C(O)/C(Br)=C(\SC)c1ccnc2c1ccn2Sc1ccccc1. The number of hydrogen-bond acceptors (Lipinski definition) is 5. The first-order chi connectivity index (χ1) is 13.2. The van der Waals surface area contributed by atoms with Crippen molar-refractivity contribution in [1.29, 1.82) is 0 Å². The smallest absolute Gasteiger partial charge is 0.150 e. The summed E-state index contributed by atoms with van der Waals surface area (Å²) in [6.07, 6.45) is 7.44. The van der Waals surface area contributed by atoms with Crippen LogP contribution in [0.25, 0.3) is 15.9 Å². The van der Waals surface area contributed by atoms with Gasteiger partial charge < -0.3 is 9.84 Å². The zero-order valence-corrected chi connectivity index (χ0v) is 18.1. The molecule has 0 unspecified atom stereocenters. The van der Waals surface area contributed by atoms with Crippen molar-refractivity contribution in [3.8, 4) is 0 Å². The van der Waals surface area contributed by atoms with Crippen LogP contribution in [-0.4, -0.2) is 34.0 Å². The number of fused-ring (bicyclic) bond motifs is 1. The number of aliphatic hydroxyl groups is 1. The van der Waals surface area contributed by atoms with Crippen molar-refractivity contribution >= 4 is 55.6 Å². The summed E-state index contributed by atoms with van der Waals surface area (Å²) in [4.78, 5) is 6.65. The molecule has 2 aromatic heterocycles. The first-order valence-corrected chi connectivity index (χ1v) is 11.0. The lowest BCUT2D eigenvalue weighted by atomic mass is 10.1. The van der Waals surface area contributed by atoms with Crippen molar-refractivity contribution in [2.45, 2.75) is 4.90 Å². The third-order valence-electron chi connectivity index (χ3n) is 3.82. The van der Waals surface area contributed by atoms with Crippen molar-refractivity contribution in [3.63, 3.8) is 0 Å². The lowest BCUT2D eigenvalue weighted by molar-refractivity contribution is 0.230. The molecule has 0 saturated carbocycles. The largest absolute Gasteiger partial charge is 0.507 e. The predicted octanol–water partition coefficient (Wildman–Crippen LogP) is 6.11. The van der Waals surface area contributed by atoms with Crippen LogP contribution in [0.1, 0.15) is 5.56 Å². The van der Waals surface area contributed by atoms with E-state index < -0.39 is 0 Å². The topological polar surface area (TPSA) is 47.3 Å². The van der Waals surface area contributed by atoms with Gasteiger partial charge in [-0.05, 0) is 64.5 Å². The molecule has 7 heteroatoms. The van der Waals surface area contributed by atoms with E-state index in [0.717, 1.165) is 26.4 Å². The van der Waals surface area contributed by atoms with E-state index >= 15 is 0 Å². The van der Waals surface area contributed by atoms with Gasteiger partial charge in [0.25, 0.3) is 0 Å². The molecule has 0 aliphatic carbocycles. The lowest BCUT2D eigenvalue weighted by Gasteiger charge is -2.11. The highest BCUT2D eigenvalue weighted by Gasteiger charge is 2.15. The van der Waals surface area contributed by atoms with E-state index in [2.05, 4.69) is 43.1 Å². The number of aliphatic hydroxyl groups excluding tert-OH is 1. The Morgan fingerprint density at radius 3 is 2.74 bits per heavy atom. The fraction of sp³-hybridized carbons (Fsp3) is 0.150. The number of hydrogen-bond donors (Lipinski definition) is 1. The summed E-state index contributed by atoms with van der Waals surface area (Å²) in [5.74, 6) is 0.157. The highest BCUT2D eigenvalue weighted by Crippen LogP contribution is 2.38. The van der Waals surface area contributed by atoms with Gasteiger partial charge in [-0.2, -0.15) is 0 Å². The quantitative estimate of drug-likeness (QED) is 0.339. The molecule has 4 nitrogen and oxygen atoms in total. The fourth-order valence-corrected chi connectivity index (χ4v) is 4.97. The second-order valence-electron chi connectivity index (χ2n) is 5.53. The summed E-state index contributed by atoms with van der Waals surface area (Å²) in [5.41, 5.74) is 1.90. The van der Waals surface area contributed by atoms with E-state index in [1.165, 1.54) is 0 Å². The Balaban J connectivity index is 2.04. The third-order valence-corrected chi connectivity index (χ3v) is 6.69. The Morgan fingerprint density at radius 1 is 1.26 bits per heavy atom. The maximum Gasteiger partial charge on any atom is 0.150 e. The molecule has 1 aromatic carbocycles. The maximum absolute atomic E-state index is 10.3. The Hall–Kier alpha value is -1.67. The predicted molar refractivity (Wildman–Crippen MR) is 119 cm³/mol. The van der Waals surface area contributed by atoms with Gasteiger partial charge in [-0.15, -0.1) is 11.8 Å². The van der Waals surface area contributed by atoms with Gasteiger partial charge in [0, 0.05) is 40.3 Å². The van der Waals surface area contributed by atoms with Crippen LogP contribution in [0.2, 0.25) is 0 Å². The molecule has 0 atom stereocenters. The molecule has 0 fully saturated rings. The molecule has 0 bridgehead atoms. The monoisotopic (exact) mass is 462 g/mol. The van der Waals surface area contributed by atoms with Gasteiger partial charge in [0.1, 0.15) is 5.76 Å². The molecule has 0 saturated heterocycles. The Morgan fingerprint density at radius 2 is 2.04 bits per heavy atom. The number of benzene rings is 1. The molecule has 0 radical (unpaired) electrons. The summed E-state index contributed by atoms with van der Waals surface area (Å²) in [6.45, 7) is 0.346. The average Bonchev–Trinajstić information content (AvgIpc) is 3.11. The number of nitrogens with zero attached hydrogens (tertiary/aromatic N) is 2. The van der Waals surface area contributed by atoms with Crippen molar-refractivity contribution < 1.29 is 9.84 Å². The second-order valence-corrected chi connectivity index (χ2v) is 8.19. The molecule has 2 heterocycles. The minimum Gasteiger partial charge on any atom is -0.507 e. The number of methoxy groups -OCH3 is 1. The minimum atomic E-state index is 0.157. The van der Waals surface area contributed by atoms with E-state index in [1.807, 2.05) is 36.7 Å². The van der Waals surface area contributed by atoms with Crippen LogP contribution in [0, 0.1) is 0 Å².